The number of benzene rings is 2. The van der Waals surface area contributed by atoms with Gasteiger partial charge >= 0.3 is 0 Å². The number of aryl methyl sites for hydroxylation is 2. The van der Waals surface area contributed by atoms with Crippen molar-refractivity contribution in [2.45, 2.75) is 20.8 Å². The first-order valence-corrected chi connectivity index (χ1v) is 6.27. The number of halogens is 2. The number of rotatable bonds is 2. The molecule has 2 nitrogen and oxygen atoms in total. The summed E-state index contributed by atoms with van der Waals surface area (Å²) in [6.45, 7) is 5.89. The molecule has 2 rings (SSSR count). The van der Waals surface area contributed by atoms with E-state index in [1.807, 2.05) is 32.9 Å². The fourth-order valence-electron chi connectivity index (χ4n) is 1.82. The summed E-state index contributed by atoms with van der Waals surface area (Å²) >= 11 is 5.67. The van der Waals surface area contributed by atoms with Crippen LogP contribution in [0.3, 0.4) is 0 Å². The molecule has 100 valence electrons. The Kier molecular flexibility index (Phi) is 3.67. The largest absolute Gasteiger partial charge is 0.455 e. The smallest absolute Gasteiger partial charge is 0.153 e. The van der Waals surface area contributed by atoms with Crippen molar-refractivity contribution in [3.8, 4) is 11.5 Å². The number of nitrogens with two attached hydrogens (primary N) is 1. The number of nitrogen functional groups attached to an aromatic ring is 1. The van der Waals surface area contributed by atoms with Gasteiger partial charge in [0, 0.05) is 6.07 Å². The minimum absolute atomic E-state index is 0.0115. The zero-order valence-electron chi connectivity index (χ0n) is 11.1. The van der Waals surface area contributed by atoms with E-state index in [0.717, 1.165) is 16.7 Å². The van der Waals surface area contributed by atoms with Gasteiger partial charge in [-0.05, 0) is 43.5 Å². The summed E-state index contributed by atoms with van der Waals surface area (Å²) < 4.78 is 19.2. The summed E-state index contributed by atoms with van der Waals surface area (Å²) in [7, 11) is 0. The third-order valence-electron chi connectivity index (χ3n) is 3.14. The molecule has 0 saturated carbocycles. The van der Waals surface area contributed by atoms with Gasteiger partial charge in [0.05, 0.1) is 10.7 Å². The van der Waals surface area contributed by atoms with Crippen LogP contribution in [0.4, 0.5) is 10.1 Å². The highest BCUT2D eigenvalue weighted by Crippen LogP contribution is 2.35. The van der Waals surface area contributed by atoms with Gasteiger partial charge in [-0.2, -0.15) is 0 Å². The molecule has 0 radical (unpaired) electrons. The van der Waals surface area contributed by atoms with Crippen molar-refractivity contribution in [1.82, 2.24) is 0 Å². The number of anilines is 1. The molecule has 2 N–H and O–H groups in total. The summed E-state index contributed by atoms with van der Waals surface area (Å²) in [4.78, 5) is 0. The third-order valence-corrected chi connectivity index (χ3v) is 3.43. The zero-order valence-corrected chi connectivity index (χ0v) is 11.8. The Balaban J connectivity index is 2.48. The van der Waals surface area contributed by atoms with Crippen LogP contribution in [0.25, 0.3) is 0 Å². The Morgan fingerprint density at radius 2 is 1.74 bits per heavy atom. The highest BCUT2D eigenvalue weighted by Gasteiger charge is 2.12. The lowest BCUT2D eigenvalue weighted by atomic mass is 10.1. The standard InChI is InChI=1S/C15H15ClFNO/c1-8-4-5-9(2)15(10(8)3)19-14-7-12(17)11(16)6-13(14)18/h4-7H,18H2,1-3H3. The molecule has 0 aliphatic carbocycles. The Morgan fingerprint density at radius 3 is 2.42 bits per heavy atom. The van der Waals surface area contributed by atoms with E-state index < -0.39 is 5.82 Å². The van der Waals surface area contributed by atoms with Gasteiger partial charge in [-0.3, -0.25) is 0 Å². The Labute approximate surface area is 117 Å². The van der Waals surface area contributed by atoms with Gasteiger partial charge < -0.3 is 10.5 Å². The van der Waals surface area contributed by atoms with Crippen molar-refractivity contribution in [2.24, 2.45) is 0 Å². The van der Waals surface area contributed by atoms with E-state index in [9.17, 15) is 4.39 Å². The van der Waals surface area contributed by atoms with E-state index in [1.165, 1.54) is 12.1 Å². The molecular weight excluding hydrogens is 265 g/mol. The third kappa shape index (κ3) is 2.66. The Hall–Kier alpha value is -1.74. The summed E-state index contributed by atoms with van der Waals surface area (Å²) in [5.74, 6) is 0.431. The lowest BCUT2D eigenvalue weighted by Crippen LogP contribution is -1.97. The molecule has 0 bridgehead atoms. The molecule has 0 aromatic heterocycles. The predicted octanol–water partition coefficient (Wildman–Crippen LogP) is 4.78. The van der Waals surface area contributed by atoms with Crippen LogP contribution in [0.5, 0.6) is 11.5 Å². The lowest BCUT2D eigenvalue weighted by molar-refractivity contribution is 0.471. The minimum Gasteiger partial charge on any atom is -0.455 e. The monoisotopic (exact) mass is 279 g/mol. The normalized spacial score (nSPS) is 10.6. The Bertz CT molecular complexity index is 641. The fraction of sp³-hybridized carbons (Fsp3) is 0.200. The van der Waals surface area contributed by atoms with E-state index in [2.05, 4.69) is 0 Å². The van der Waals surface area contributed by atoms with Gasteiger partial charge in [0.2, 0.25) is 0 Å². The minimum atomic E-state index is -0.547. The van der Waals surface area contributed by atoms with Crippen LogP contribution in [0.1, 0.15) is 16.7 Å². The van der Waals surface area contributed by atoms with E-state index in [4.69, 9.17) is 22.1 Å². The topological polar surface area (TPSA) is 35.2 Å². The van der Waals surface area contributed by atoms with Crippen LogP contribution < -0.4 is 10.5 Å². The molecule has 2 aromatic rings. The number of hydrogen-bond donors (Lipinski definition) is 1. The second-order valence-electron chi connectivity index (χ2n) is 4.56. The van der Waals surface area contributed by atoms with Gasteiger partial charge in [0.25, 0.3) is 0 Å². The molecule has 0 unspecified atom stereocenters. The van der Waals surface area contributed by atoms with E-state index in [1.54, 1.807) is 0 Å². The SMILES string of the molecule is Cc1ccc(C)c(Oc2cc(F)c(Cl)cc2N)c1C. The van der Waals surface area contributed by atoms with Crippen LogP contribution >= 0.6 is 11.6 Å². The van der Waals surface area contributed by atoms with Gasteiger partial charge in [0.15, 0.2) is 5.75 Å². The molecule has 2 aromatic carbocycles. The molecule has 0 aliphatic heterocycles. The first-order valence-electron chi connectivity index (χ1n) is 5.89. The Morgan fingerprint density at radius 1 is 1.11 bits per heavy atom. The van der Waals surface area contributed by atoms with E-state index in [-0.39, 0.29) is 10.8 Å². The van der Waals surface area contributed by atoms with Gasteiger partial charge in [-0.25, -0.2) is 4.39 Å². The van der Waals surface area contributed by atoms with Crippen molar-refractivity contribution in [3.63, 3.8) is 0 Å². The van der Waals surface area contributed by atoms with Crippen molar-refractivity contribution in [3.05, 3.63) is 51.8 Å². The average molecular weight is 280 g/mol. The molecule has 0 spiro atoms. The molecule has 0 saturated heterocycles. The average Bonchev–Trinajstić information content (AvgIpc) is 2.36. The number of hydrogen-bond acceptors (Lipinski definition) is 2. The molecule has 0 aliphatic rings. The summed E-state index contributed by atoms with van der Waals surface area (Å²) in [5, 5.41) is -0.0115. The lowest BCUT2D eigenvalue weighted by Gasteiger charge is -2.15. The molecule has 19 heavy (non-hydrogen) atoms. The van der Waals surface area contributed by atoms with Crippen molar-refractivity contribution < 1.29 is 9.13 Å². The summed E-state index contributed by atoms with van der Waals surface area (Å²) in [6.07, 6.45) is 0. The maximum absolute atomic E-state index is 13.5. The first kappa shape index (κ1) is 13.7. The van der Waals surface area contributed by atoms with Gasteiger partial charge in [-0.15, -0.1) is 0 Å². The summed E-state index contributed by atoms with van der Waals surface area (Å²) in [6, 6.07) is 6.54. The van der Waals surface area contributed by atoms with Crippen LogP contribution in [0.15, 0.2) is 24.3 Å². The molecule has 0 atom stereocenters. The van der Waals surface area contributed by atoms with Crippen LogP contribution in [-0.2, 0) is 0 Å². The van der Waals surface area contributed by atoms with Crippen molar-refractivity contribution >= 4 is 17.3 Å². The van der Waals surface area contributed by atoms with E-state index >= 15 is 0 Å². The van der Waals surface area contributed by atoms with Crippen LogP contribution in [0.2, 0.25) is 5.02 Å². The molecule has 4 heteroatoms. The molecule has 0 heterocycles. The second kappa shape index (κ2) is 5.10. The molecule has 0 amide bonds. The van der Waals surface area contributed by atoms with Gasteiger partial charge in [0.1, 0.15) is 11.6 Å². The maximum Gasteiger partial charge on any atom is 0.153 e. The summed E-state index contributed by atoms with van der Waals surface area (Å²) in [5.41, 5.74) is 9.20. The molecular formula is C15H15ClFNO. The number of ether oxygens (including phenoxy) is 1. The van der Waals surface area contributed by atoms with Gasteiger partial charge in [-0.1, -0.05) is 23.7 Å². The predicted molar refractivity (Wildman–Crippen MR) is 76.5 cm³/mol. The van der Waals surface area contributed by atoms with Crippen LogP contribution in [-0.4, -0.2) is 0 Å². The molecule has 0 fully saturated rings. The quantitative estimate of drug-likeness (QED) is 0.803. The van der Waals surface area contributed by atoms with Crippen LogP contribution in [0, 0.1) is 26.6 Å². The maximum atomic E-state index is 13.5. The van der Waals surface area contributed by atoms with E-state index in [0.29, 0.717) is 11.4 Å². The fourth-order valence-corrected chi connectivity index (χ4v) is 2.00. The highest BCUT2D eigenvalue weighted by molar-refractivity contribution is 6.31. The van der Waals surface area contributed by atoms with Crippen molar-refractivity contribution in [1.29, 1.82) is 0 Å². The van der Waals surface area contributed by atoms with Crippen molar-refractivity contribution in [2.75, 3.05) is 5.73 Å². The zero-order chi connectivity index (χ0) is 14.2. The highest BCUT2D eigenvalue weighted by atomic mass is 35.5. The second-order valence-corrected chi connectivity index (χ2v) is 4.97. The first-order chi connectivity index (χ1) is 8.90.